The summed E-state index contributed by atoms with van der Waals surface area (Å²) in [6, 6.07) is 4.63. The monoisotopic (exact) mass is 270 g/mol. The lowest BCUT2D eigenvalue weighted by Gasteiger charge is -2.22. The Labute approximate surface area is 110 Å². The van der Waals surface area contributed by atoms with Gasteiger partial charge in [0.25, 0.3) is 0 Å². The maximum atomic E-state index is 10.9. The Kier molecular flexibility index (Phi) is 4.44. The Morgan fingerprint density at radius 2 is 2.33 bits per heavy atom. The van der Waals surface area contributed by atoms with Crippen molar-refractivity contribution in [1.82, 2.24) is 0 Å². The minimum absolute atomic E-state index is 0.0544. The molecular weight excluding hydrogens is 256 g/mol. The van der Waals surface area contributed by atoms with E-state index in [1.54, 1.807) is 6.07 Å². The number of hydrogen-bond donors (Lipinski definition) is 1. The molecule has 1 heterocycles. The zero-order chi connectivity index (χ0) is 13.0. The Hall–Kier alpha value is -1.26. The van der Waals surface area contributed by atoms with Crippen molar-refractivity contribution in [1.29, 1.82) is 0 Å². The number of carboxylic acids is 1. The second-order valence-corrected chi connectivity index (χ2v) is 4.65. The van der Waals surface area contributed by atoms with Crippen molar-refractivity contribution in [3.05, 3.63) is 28.8 Å². The summed E-state index contributed by atoms with van der Waals surface area (Å²) in [5, 5.41) is 9.15. The smallest absolute Gasteiger partial charge is 0.337 e. The van der Waals surface area contributed by atoms with E-state index in [9.17, 15) is 4.79 Å². The van der Waals surface area contributed by atoms with Crippen molar-refractivity contribution in [2.45, 2.75) is 25.4 Å². The second kappa shape index (κ2) is 6.07. The zero-order valence-electron chi connectivity index (χ0n) is 9.89. The molecule has 1 aromatic rings. The van der Waals surface area contributed by atoms with Crippen LogP contribution in [0.2, 0.25) is 5.02 Å². The molecule has 1 atom stereocenters. The fourth-order valence-corrected chi connectivity index (χ4v) is 2.08. The lowest BCUT2D eigenvalue weighted by molar-refractivity contribution is -0.0110. The maximum Gasteiger partial charge on any atom is 0.337 e. The first-order valence-electron chi connectivity index (χ1n) is 5.94. The first kappa shape index (κ1) is 13.2. The molecule has 1 aliphatic rings. The van der Waals surface area contributed by atoms with Crippen molar-refractivity contribution in [2.75, 3.05) is 13.2 Å². The number of rotatable bonds is 4. The molecule has 5 heteroatoms. The number of benzene rings is 1. The molecule has 4 nitrogen and oxygen atoms in total. The molecule has 1 fully saturated rings. The summed E-state index contributed by atoms with van der Waals surface area (Å²) in [4.78, 5) is 10.9. The molecule has 1 aliphatic heterocycles. The van der Waals surface area contributed by atoms with Gasteiger partial charge in [-0.1, -0.05) is 11.6 Å². The summed E-state index contributed by atoms with van der Waals surface area (Å²) in [7, 11) is 0. The van der Waals surface area contributed by atoms with Crippen LogP contribution in [-0.2, 0) is 4.74 Å². The van der Waals surface area contributed by atoms with Crippen LogP contribution in [0.4, 0.5) is 0 Å². The largest absolute Gasteiger partial charge is 0.491 e. The number of carbonyl (C=O) groups is 1. The van der Waals surface area contributed by atoms with E-state index in [1.807, 2.05) is 0 Å². The average molecular weight is 271 g/mol. The van der Waals surface area contributed by atoms with Gasteiger partial charge in [-0.3, -0.25) is 0 Å². The van der Waals surface area contributed by atoms with Crippen LogP contribution >= 0.6 is 11.6 Å². The normalized spacial score (nSPS) is 19.5. The van der Waals surface area contributed by atoms with E-state index < -0.39 is 5.97 Å². The predicted molar refractivity (Wildman–Crippen MR) is 67.5 cm³/mol. The van der Waals surface area contributed by atoms with Crippen LogP contribution < -0.4 is 4.74 Å². The maximum absolute atomic E-state index is 10.9. The van der Waals surface area contributed by atoms with Gasteiger partial charge in [-0.05, 0) is 37.5 Å². The number of halogens is 1. The van der Waals surface area contributed by atoms with E-state index in [4.69, 9.17) is 26.2 Å². The summed E-state index contributed by atoms with van der Waals surface area (Å²) in [6.07, 6.45) is 3.33. The third kappa shape index (κ3) is 3.37. The van der Waals surface area contributed by atoms with Crippen LogP contribution in [0.25, 0.3) is 0 Å². The van der Waals surface area contributed by atoms with Crippen LogP contribution in [0, 0.1) is 0 Å². The molecular formula is C13H15ClO4. The summed E-state index contributed by atoms with van der Waals surface area (Å²) in [6.45, 7) is 1.22. The molecule has 98 valence electrons. The molecule has 0 amide bonds. The molecule has 0 spiro atoms. The summed E-state index contributed by atoms with van der Waals surface area (Å²) >= 11 is 5.78. The van der Waals surface area contributed by atoms with Gasteiger partial charge < -0.3 is 14.6 Å². The van der Waals surface area contributed by atoms with Crippen LogP contribution in [0.3, 0.4) is 0 Å². The first-order chi connectivity index (χ1) is 8.66. The molecule has 1 N–H and O–H groups in total. The van der Waals surface area contributed by atoms with Gasteiger partial charge in [-0.2, -0.15) is 0 Å². The second-order valence-electron chi connectivity index (χ2n) is 4.25. The van der Waals surface area contributed by atoms with E-state index in [0.29, 0.717) is 12.4 Å². The fourth-order valence-electron chi connectivity index (χ4n) is 1.89. The minimum Gasteiger partial charge on any atom is -0.491 e. The number of carboxylic acid groups (broad SMARTS) is 1. The highest BCUT2D eigenvalue weighted by Crippen LogP contribution is 2.23. The molecule has 1 aromatic carbocycles. The molecule has 1 unspecified atom stereocenters. The topological polar surface area (TPSA) is 55.8 Å². The molecule has 0 radical (unpaired) electrons. The summed E-state index contributed by atoms with van der Waals surface area (Å²) in [5.74, 6) is -0.551. The standard InChI is InChI=1S/C13H15ClO4/c14-12-5-4-9(7-11(12)13(15)16)18-8-10-3-1-2-6-17-10/h4-5,7,10H,1-3,6,8H2,(H,15,16). The fraction of sp³-hybridized carbons (Fsp3) is 0.462. The van der Waals surface area contributed by atoms with Gasteiger partial charge in [0, 0.05) is 6.61 Å². The number of aromatic carboxylic acids is 1. The SMILES string of the molecule is O=C(O)c1cc(OCC2CCCCO2)ccc1Cl. The summed E-state index contributed by atoms with van der Waals surface area (Å²) < 4.78 is 11.1. The van der Waals surface area contributed by atoms with Crippen molar-refractivity contribution in [3.8, 4) is 5.75 Å². The Balaban J connectivity index is 1.96. The molecule has 0 aliphatic carbocycles. The van der Waals surface area contributed by atoms with Gasteiger partial charge in [-0.15, -0.1) is 0 Å². The molecule has 18 heavy (non-hydrogen) atoms. The Bertz CT molecular complexity index is 427. The quantitative estimate of drug-likeness (QED) is 0.914. The predicted octanol–water partition coefficient (Wildman–Crippen LogP) is 2.99. The van der Waals surface area contributed by atoms with E-state index in [-0.39, 0.29) is 16.7 Å². The van der Waals surface area contributed by atoms with Gasteiger partial charge in [-0.25, -0.2) is 4.79 Å². The first-order valence-corrected chi connectivity index (χ1v) is 6.32. The van der Waals surface area contributed by atoms with E-state index in [0.717, 1.165) is 25.9 Å². The van der Waals surface area contributed by atoms with Crippen LogP contribution in [-0.4, -0.2) is 30.4 Å². The highest BCUT2D eigenvalue weighted by Gasteiger charge is 2.15. The zero-order valence-corrected chi connectivity index (χ0v) is 10.7. The lowest BCUT2D eigenvalue weighted by Crippen LogP contribution is -2.25. The highest BCUT2D eigenvalue weighted by molar-refractivity contribution is 6.33. The van der Waals surface area contributed by atoms with Crippen LogP contribution in [0.15, 0.2) is 18.2 Å². The van der Waals surface area contributed by atoms with Crippen molar-refractivity contribution in [2.24, 2.45) is 0 Å². The summed E-state index contributed by atoms with van der Waals surface area (Å²) in [5.41, 5.74) is 0.0544. The van der Waals surface area contributed by atoms with Crippen molar-refractivity contribution < 1.29 is 19.4 Å². The van der Waals surface area contributed by atoms with Gasteiger partial charge in [0.15, 0.2) is 0 Å². The van der Waals surface area contributed by atoms with Crippen molar-refractivity contribution in [3.63, 3.8) is 0 Å². The third-order valence-electron chi connectivity index (χ3n) is 2.88. The highest BCUT2D eigenvalue weighted by atomic mass is 35.5. The van der Waals surface area contributed by atoms with Crippen molar-refractivity contribution >= 4 is 17.6 Å². The molecule has 1 saturated heterocycles. The Morgan fingerprint density at radius 1 is 1.50 bits per heavy atom. The molecule has 0 saturated carbocycles. The third-order valence-corrected chi connectivity index (χ3v) is 3.21. The van der Waals surface area contributed by atoms with E-state index in [2.05, 4.69) is 0 Å². The minimum atomic E-state index is -1.06. The van der Waals surface area contributed by atoms with E-state index >= 15 is 0 Å². The molecule has 0 aromatic heterocycles. The van der Waals surface area contributed by atoms with Gasteiger partial charge in [0.2, 0.25) is 0 Å². The number of ether oxygens (including phenoxy) is 2. The van der Waals surface area contributed by atoms with Gasteiger partial charge in [0.1, 0.15) is 12.4 Å². The van der Waals surface area contributed by atoms with Crippen LogP contribution in [0.5, 0.6) is 5.75 Å². The lowest BCUT2D eigenvalue weighted by atomic mass is 10.1. The van der Waals surface area contributed by atoms with E-state index in [1.165, 1.54) is 12.1 Å². The Morgan fingerprint density at radius 3 is 3.00 bits per heavy atom. The number of hydrogen-bond acceptors (Lipinski definition) is 3. The van der Waals surface area contributed by atoms with Gasteiger partial charge >= 0.3 is 5.97 Å². The van der Waals surface area contributed by atoms with Crippen LogP contribution in [0.1, 0.15) is 29.6 Å². The van der Waals surface area contributed by atoms with Gasteiger partial charge in [0.05, 0.1) is 16.7 Å². The molecule has 2 rings (SSSR count). The molecule has 0 bridgehead atoms. The average Bonchev–Trinajstić information content (AvgIpc) is 2.38.